The molecule has 2 unspecified atom stereocenters. The Balaban J connectivity index is 1.60. The minimum atomic E-state index is -4.04. The molecule has 0 fully saturated rings. The third-order valence-electron chi connectivity index (χ3n) is 7.79. The van der Waals surface area contributed by atoms with Gasteiger partial charge < -0.3 is 4.42 Å². The van der Waals surface area contributed by atoms with E-state index in [0.29, 0.717) is 11.3 Å². The highest BCUT2D eigenvalue weighted by Gasteiger charge is 2.47. The van der Waals surface area contributed by atoms with E-state index in [1.165, 1.54) is 16.4 Å². The molecule has 1 aliphatic carbocycles. The molecule has 1 heterocycles. The highest BCUT2D eigenvalue weighted by atomic mass is 32.2. The lowest BCUT2D eigenvalue weighted by molar-refractivity contribution is 0.351. The van der Waals surface area contributed by atoms with Crippen molar-refractivity contribution < 1.29 is 17.2 Å². The van der Waals surface area contributed by atoms with Crippen molar-refractivity contribution in [2.45, 2.75) is 37.2 Å². The molecule has 0 amide bonds. The van der Waals surface area contributed by atoms with Crippen LogP contribution in [0.25, 0.3) is 11.3 Å². The number of hydrogen-bond donors (Lipinski definition) is 0. The molecule has 2 atom stereocenters. The summed E-state index contributed by atoms with van der Waals surface area (Å²) in [5.74, 6) is 0.716. The molecule has 0 aliphatic heterocycles. The molecule has 0 bridgehead atoms. The Hall–Kier alpha value is -4.26. The molecule has 0 saturated heterocycles. The largest absolute Gasteiger partial charge is 0.461 e. The molecule has 6 heteroatoms. The minimum Gasteiger partial charge on any atom is -0.461 e. The summed E-state index contributed by atoms with van der Waals surface area (Å²) in [6.45, 7) is 8.42. The Bertz CT molecular complexity index is 1810. The first-order chi connectivity index (χ1) is 19.8. The molecular weight excluding hydrogens is 533 g/mol. The minimum absolute atomic E-state index is 0.0274. The maximum absolute atomic E-state index is 14.5. The molecule has 206 valence electrons. The van der Waals surface area contributed by atoms with Crippen molar-refractivity contribution in [1.82, 2.24) is 4.31 Å². The molecule has 5 aromatic rings. The maximum Gasteiger partial charge on any atom is 0.244 e. The number of halogens is 1. The fourth-order valence-electron chi connectivity index (χ4n) is 5.82. The van der Waals surface area contributed by atoms with Gasteiger partial charge in [-0.25, -0.2) is 12.8 Å². The molecule has 0 N–H and O–H groups in total. The van der Waals surface area contributed by atoms with Crippen LogP contribution in [0.3, 0.4) is 0 Å². The van der Waals surface area contributed by atoms with Crippen molar-refractivity contribution in [2.24, 2.45) is 0 Å². The smallest absolute Gasteiger partial charge is 0.244 e. The average molecular weight is 564 g/mol. The van der Waals surface area contributed by atoms with Gasteiger partial charge in [0.15, 0.2) is 0 Å². The number of furan rings is 1. The second-order valence-corrected chi connectivity index (χ2v) is 12.4. The van der Waals surface area contributed by atoms with E-state index in [9.17, 15) is 12.8 Å². The Morgan fingerprint density at radius 1 is 0.805 bits per heavy atom. The van der Waals surface area contributed by atoms with E-state index in [1.807, 2.05) is 74.5 Å². The van der Waals surface area contributed by atoms with Crippen molar-refractivity contribution >= 4 is 10.0 Å². The summed E-state index contributed by atoms with van der Waals surface area (Å²) in [4.78, 5) is 0.184. The number of nitrogens with zero attached hydrogens (tertiary/aromatic N) is 1. The topological polar surface area (TPSA) is 50.5 Å². The van der Waals surface area contributed by atoms with E-state index in [4.69, 9.17) is 4.42 Å². The van der Waals surface area contributed by atoms with E-state index < -0.39 is 16.1 Å². The molecule has 6 rings (SSSR count). The Labute approximate surface area is 240 Å². The predicted octanol–water partition coefficient (Wildman–Crippen LogP) is 8.34. The van der Waals surface area contributed by atoms with Crippen LogP contribution in [0.2, 0.25) is 0 Å². The zero-order chi connectivity index (χ0) is 28.7. The van der Waals surface area contributed by atoms with Gasteiger partial charge in [-0.05, 0) is 54.8 Å². The number of hydrogen-bond acceptors (Lipinski definition) is 3. The van der Waals surface area contributed by atoms with Crippen LogP contribution in [-0.4, -0.2) is 12.7 Å². The van der Waals surface area contributed by atoms with E-state index in [0.717, 1.165) is 39.2 Å². The lowest BCUT2D eigenvalue weighted by Crippen LogP contribution is -2.34. The van der Waals surface area contributed by atoms with Gasteiger partial charge in [0.1, 0.15) is 17.3 Å². The summed E-state index contributed by atoms with van der Waals surface area (Å²) in [5.41, 5.74) is 5.98. The van der Waals surface area contributed by atoms with Gasteiger partial charge >= 0.3 is 0 Å². The third-order valence-corrected chi connectivity index (χ3v) is 9.61. The van der Waals surface area contributed by atoms with Crippen LogP contribution < -0.4 is 0 Å². The molecule has 4 aromatic carbocycles. The Morgan fingerprint density at radius 2 is 1.41 bits per heavy atom. The standard InChI is InChI=1S/C35H30FNO3S/c1-23-14-20-30(21-15-23)41(38,39)37(22-26-16-18-29(36)19-17-26)34-24(2)31(27-10-6-4-7-11-27)32-25(3)40-35(33(32)34)28-12-8-5-9-13-28/h4-21,31,34H,2,22H2,1,3H3. The lowest BCUT2D eigenvalue weighted by atomic mass is 9.90. The summed E-state index contributed by atoms with van der Waals surface area (Å²) in [6, 6.07) is 31.8. The highest BCUT2D eigenvalue weighted by Crippen LogP contribution is 2.56. The molecule has 0 spiro atoms. The zero-order valence-corrected chi connectivity index (χ0v) is 23.7. The van der Waals surface area contributed by atoms with Gasteiger partial charge in [0.05, 0.1) is 10.9 Å². The molecule has 0 saturated carbocycles. The third kappa shape index (κ3) is 4.83. The van der Waals surface area contributed by atoms with Gasteiger partial charge in [-0.15, -0.1) is 0 Å². The predicted molar refractivity (Wildman–Crippen MR) is 159 cm³/mol. The van der Waals surface area contributed by atoms with Crippen LogP contribution in [0.4, 0.5) is 4.39 Å². The van der Waals surface area contributed by atoms with Crippen molar-refractivity contribution in [2.75, 3.05) is 0 Å². The first kappa shape index (κ1) is 26.9. The molecule has 4 nitrogen and oxygen atoms in total. The van der Waals surface area contributed by atoms with E-state index in [1.54, 1.807) is 36.4 Å². The quantitative estimate of drug-likeness (QED) is 0.187. The lowest BCUT2D eigenvalue weighted by Gasteiger charge is -2.31. The maximum atomic E-state index is 14.5. The van der Waals surface area contributed by atoms with Crippen molar-refractivity contribution in [1.29, 1.82) is 0 Å². The molecule has 1 aromatic heterocycles. The summed E-state index contributed by atoms with van der Waals surface area (Å²) in [6.07, 6.45) is 0. The van der Waals surface area contributed by atoms with Gasteiger partial charge in [-0.2, -0.15) is 4.31 Å². The number of sulfonamides is 1. The summed E-state index contributed by atoms with van der Waals surface area (Å²) in [7, 11) is -4.04. The van der Waals surface area contributed by atoms with Crippen molar-refractivity contribution in [3.63, 3.8) is 0 Å². The second kappa shape index (κ2) is 10.6. The zero-order valence-electron chi connectivity index (χ0n) is 22.9. The molecular formula is C35H30FNO3S. The van der Waals surface area contributed by atoms with Gasteiger partial charge in [0.2, 0.25) is 10.0 Å². The fraction of sp³-hybridized carbons (Fsp3) is 0.143. The van der Waals surface area contributed by atoms with Crippen LogP contribution in [0, 0.1) is 19.7 Å². The average Bonchev–Trinajstić information content (AvgIpc) is 3.47. The summed E-state index contributed by atoms with van der Waals surface area (Å²) < 4.78 is 50.9. The molecule has 1 aliphatic rings. The summed E-state index contributed by atoms with van der Waals surface area (Å²) in [5, 5.41) is 0. The van der Waals surface area contributed by atoms with Crippen LogP contribution in [0.15, 0.2) is 131 Å². The summed E-state index contributed by atoms with van der Waals surface area (Å²) >= 11 is 0. The van der Waals surface area contributed by atoms with Crippen molar-refractivity contribution in [3.8, 4) is 11.3 Å². The van der Waals surface area contributed by atoms with E-state index >= 15 is 0 Å². The van der Waals surface area contributed by atoms with Crippen LogP contribution >= 0.6 is 0 Å². The van der Waals surface area contributed by atoms with Gasteiger partial charge in [-0.1, -0.05) is 97.1 Å². The van der Waals surface area contributed by atoms with Gasteiger partial charge in [0.25, 0.3) is 0 Å². The van der Waals surface area contributed by atoms with Crippen LogP contribution in [-0.2, 0) is 16.6 Å². The monoisotopic (exact) mass is 563 g/mol. The van der Waals surface area contributed by atoms with E-state index in [-0.39, 0.29) is 23.2 Å². The SMILES string of the molecule is C=C1C(c2ccccc2)c2c(C)oc(-c3ccccc3)c2C1N(Cc1ccc(F)cc1)S(=O)(=O)c1ccc(C)cc1. The van der Waals surface area contributed by atoms with E-state index in [2.05, 4.69) is 6.58 Å². The highest BCUT2D eigenvalue weighted by molar-refractivity contribution is 7.89. The number of rotatable bonds is 7. The van der Waals surface area contributed by atoms with Crippen LogP contribution in [0.1, 0.15) is 45.5 Å². The first-order valence-electron chi connectivity index (χ1n) is 13.5. The normalized spacial score (nSPS) is 16.7. The Kier molecular flexibility index (Phi) is 6.98. The van der Waals surface area contributed by atoms with Gasteiger partial charge in [0, 0.05) is 29.2 Å². The molecule has 0 radical (unpaired) electrons. The molecule has 41 heavy (non-hydrogen) atoms. The Morgan fingerprint density at radius 3 is 2.05 bits per heavy atom. The van der Waals surface area contributed by atoms with Crippen molar-refractivity contribution in [3.05, 3.63) is 161 Å². The van der Waals surface area contributed by atoms with Gasteiger partial charge in [-0.3, -0.25) is 0 Å². The van der Waals surface area contributed by atoms with Crippen LogP contribution in [0.5, 0.6) is 0 Å². The number of benzene rings is 4. The fourth-order valence-corrected chi connectivity index (χ4v) is 7.41. The first-order valence-corrected chi connectivity index (χ1v) is 14.9. The second-order valence-electron chi connectivity index (χ2n) is 10.5. The number of aryl methyl sites for hydroxylation is 2. The number of fused-ring (bicyclic) bond motifs is 1.